The van der Waals surface area contributed by atoms with Gasteiger partial charge in [0.15, 0.2) is 5.78 Å². The second kappa shape index (κ2) is 7.04. The van der Waals surface area contributed by atoms with E-state index in [4.69, 9.17) is 16.3 Å². The SMILES string of the molecule is O=C(COc1ccc(Cl)c(F)c1)CC12CC(NC(=O)c3nnc4n3CCCC4)(C1)C2. The topological polar surface area (TPSA) is 86.1 Å². The van der Waals surface area contributed by atoms with Gasteiger partial charge in [0.1, 0.15) is 24.0 Å². The van der Waals surface area contributed by atoms with Gasteiger partial charge in [-0.25, -0.2) is 4.39 Å². The summed E-state index contributed by atoms with van der Waals surface area (Å²) in [5.41, 5.74) is -0.276. The number of nitrogens with zero attached hydrogens (tertiary/aromatic N) is 3. The van der Waals surface area contributed by atoms with E-state index in [9.17, 15) is 14.0 Å². The molecule has 3 fully saturated rings. The molecular weight excluding hydrogens is 411 g/mol. The number of aryl methyl sites for hydroxylation is 1. The molecule has 2 aromatic rings. The Morgan fingerprint density at radius 1 is 1.23 bits per heavy atom. The smallest absolute Gasteiger partial charge is 0.289 e. The standard InChI is InChI=1S/C21H22ClFN4O3/c22-15-5-4-14(7-16(15)23)30-9-13(28)8-20-10-21(11-20,12-20)24-19(29)18-26-25-17-3-1-2-6-27(17)18/h4-5,7H,1-3,6,8-12H2,(H,24,29). The van der Waals surface area contributed by atoms with Gasteiger partial charge in [-0.1, -0.05) is 11.6 Å². The van der Waals surface area contributed by atoms with E-state index in [2.05, 4.69) is 15.5 Å². The van der Waals surface area contributed by atoms with Crippen molar-refractivity contribution in [1.29, 1.82) is 0 Å². The molecule has 7 nitrogen and oxygen atoms in total. The Hall–Kier alpha value is -2.48. The molecular formula is C21H22ClFN4O3. The second-order valence-corrected chi connectivity index (χ2v) is 9.30. The summed E-state index contributed by atoms with van der Waals surface area (Å²) in [4.78, 5) is 25.0. The molecule has 0 radical (unpaired) electrons. The molecule has 0 unspecified atom stereocenters. The van der Waals surface area contributed by atoms with E-state index in [-0.39, 0.29) is 40.0 Å². The summed E-state index contributed by atoms with van der Waals surface area (Å²) in [5.74, 6) is 0.769. The number of carbonyl (C=O) groups is 2. The lowest BCUT2D eigenvalue weighted by atomic mass is 9.38. The minimum absolute atomic E-state index is 0.0153. The predicted molar refractivity (Wildman–Crippen MR) is 106 cm³/mol. The lowest BCUT2D eigenvalue weighted by Gasteiger charge is -2.70. The predicted octanol–water partition coefficient (Wildman–Crippen LogP) is 3.10. The number of carbonyl (C=O) groups excluding carboxylic acids is 2. The van der Waals surface area contributed by atoms with Crippen molar-refractivity contribution in [1.82, 2.24) is 20.1 Å². The van der Waals surface area contributed by atoms with Gasteiger partial charge in [0.05, 0.1) is 5.02 Å². The number of hydrogen-bond acceptors (Lipinski definition) is 5. The fourth-order valence-corrected chi connectivity index (χ4v) is 5.41. The van der Waals surface area contributed by atoms with Crippen LogP contribution in [0.3, 0.4) is 0 Å². The van der Waals surface area contributed by atoms with Crippen molar-refractivity contribution in [2.45, 2.75) is 57.0 Å². The van der Waals surface area contributed by atoms with Gasteiger partial charge in [0.2, 0.25) is 5.82 Å². The number of ether oxygens (including phenoxy) is 1. The largest absolute Gasteiger partial charge is 0.486 e. The molecule has 6 rings (SSSR count). The fourth-order valence-electron chi connectivity index (χ4n) is 5.29. The average molecular weight is 433 g/mol. The Kier molecular flexibility index (Phi) is 4.57. The Morgan fingerprint density at radius 2 is 2.03 bits per heavy atom. The molecule has 30 heavy (non-hydrogen) atoms. The van der Waals surface area contributed by atoms with E-state index in [1.165, 1.54) is 18.2 Å². The summed E-state index contributed by atoms with van der Waals surface area (Å²) in [7, 11) is 0. The first-order valence-electron chi connectivity index (χ1n) is 10.2. The van der Waals surface area contributed by atoms with Crippen molar-refractivity contribution in [2.75, 3.05) is 6.61 Å². The lowest BCUT2D eigenvalue weighted by Crippen LogP contribution is -2.75. The number of Topliss-reactive ketones (excluding diaryl/α,β-unsaturated/α-hetero) is 1. The molecule has 0 atom stereocenters. The summed E-state index contributed by atoms with van der Waals surface area (Å²) in [6.45, 7) is 0.683. The molecule has 158 valence electrons. The van der Waals surface area contributed by atoms with Gasteiger partial charge < -0.3 is 14.6 Å². The van der Waals surface area contributed by atoms with Gasteiger partial charge in [-0.05, 0) is 49.7 Å². The molecule has 0 saturated heterocycles. The molecule has 1 N–H and O–H groups in total. The van der Waals surface area contributed by atoms with Crippen LogP contribution in [0.1, 0.15) is 55.0 Å². The van der Waals surface area contributed by atoms with Crippen LogP contribution in [0.4, 0.5) is 4.39 Å². The number of aromatic nitrogens is 3. The Bertz CT molecular complexity index is 1020. The van der Waals surface area contributed by atoms with Crippen molar-refractivity contribution >= 4 is 23.3 Å². The van der Waals surface area contributed by atoms with Gasteiger partial charge in [-0.2, -0.15) is 0 Å². The van der Waals surface area contributed by atoms with Crippen LogP contribution in [-0.2, 0) is 17.8 Å². The van der Waals surface area contributed by atoms with E-state index in [0.29, 0.717) is 12.2 Å². The first kappa shape index (κ1) is 19.5. The summed E-state index contributed by atoms with van der Waals surface area (Å²) in [6.07, 6.45) is 5.74. The fraction of sp³-hybridized carbons (Fsp3) is 0.524. The molecule has 1 amide bonds. The van der Waals surface area contributed by atoms with Crippen LogP contribution in [0.2, 0.25) is 5.02 Å². The maximum absolute atomic E-state index is 13.4. The third kappa shape index (κ3) is 3.37. The zero-order valence-electron chi connectivity index (χ0n) is 16.4. The summed E-state index contributed by atoms with van der Waals surface area (Å²) >= 11 is 5.64. The average Bonchev–Trinajstić information content (AvgIpc) is 3.10. The minimum Gasteiger partial charge on any atom is -0.486 e. The van der Waals surface area contributed by atoms with Gasteiger partial charge in [-0.15, -0.1) is 10.2 Å². The van der Waals surface area contributed by atoms with Crippen LogP contribution in [-0.4, -0.2) is 38.6 Å². The number of ketones is 1. The van der Waals surface area contributed by atoms with E-state index < -0.39 is 5.82 Å². The zero-order valence-corrected chi connectivity index (χ0v) is 17.2. The molecule has 4 aliphatic rings. The second-order valence-electron chi connectivity index (χ2n) is 8.89. The number of benzene rings is 1. The summed E-state index contributed by atoms with van der Waals surface area (Å²) < 4.78 is 20.8. The minimum atomic E-state index is -0.576. The van der Waals surface area contributed by atoms with Gasteiger partial charge in [0.25, 0.3) is 5.91 Å². The number of hydrogen-bond donors (Lipinski definition) is 1. The molecule has 9 heteroatoms. The molecule has 1 aromatic heterocycles. The molecule has 2 heterocycles. The van der Waals surface area contributed by atoms with Crippen LogP contribution in [0, 0.1) is 11.2 Å². The van der Waals surface area contributed by atoms with Crippen LogP contribution in [0.25, 0.3) is 0 Å². The number of amides is 1. The maximum Gasteiger partial charge on any atom is 0.289 e. The third-order valence-corrected chi connectivity index (χ3v) is 6.75. The van der Waals surface area contributed by atoms with Crippen LogP contribution >= 0.6 is 11.6 Å². The van der Waals surface area contributed by atoms with Crippen molar-refractivity contribution in [3.8, 4) is 5.75 Å². The monoisotopic (exact) mass is 432 g/mol. The lowest BCUT2D eigenvalue weighted by molar-refractivity contribution is -0.162. The summed E-state index contributed by atoms with van der Waals surface area (Å²) in [6, 6.07) is 4.11. The van der Waals surface area contributed by atoms with Gasteiger partial charge >= 0.3 is 0 Å². The quantitative estimate of drug-likeness (QED) is 0.726. The number of rotatable bonds is 7. The Labute approximate surface area is 177 Å². The van der Waals surface area contributed by atoms with E-state index in [0.717, 1.165) is 50.9 Å². The zero-order chi connectivity index (χ0) is 20.9. The Morgan fingerprint density at radius 3 is 2.80 bits per heavy atom. The molecule has 1 aromatic carbocycles. The van der Waals surface area contributed by atoms with Crippen LogP contribution < -0.4 is 10.1 Å². The van der Waals surface area contributed by atoms with Crippen LogP contribution in [0.5, 0.6) is 5.75 Å². The van der Waals surface area contributed by atoms with Crippen molar-refractivity contribution in [2.24, 2.45) is 5.41 Å². The highest BCUT2D eigenvalue weighted by Gasteiger charge is 2.68. The molecule has 3 aliphatic carbocycles. The molecule has 0 spiro atoms. The summed E-state index contributed by atoms with van der Waals surface area (Å²) in [5, 5.41) is 11.4. The molecule has 1 aliphatic heterocycles. The van der Waals surface area contributed by atoms with Crippen LogP contribution in [0.15, 0.2) is 18.2 Å². The number of fused-ring (bicyclic) bond motifs is 1. The highest BCUT2D eigenvalue weighted by atomic mass is 35.5. The first-order valence-corrected chi connectivity index (χ1v) is 10.6. The highest BCUT2D eigenvalue weighted by Crippen LogP contribution is 2.69. The van der Waals surface area contributed by atoms with Crippen molar-refractivity contribution < 1.29 is 18.7 Å². The van der Waals surface area contributed by atoms with Crippen molar-refractivity contribution in [3.63, 3.8) is 0 Å². The number of nitrogens with one attached hydrogen (secondary N) is 1. The molecule has 2 bridgehead atoms. The van der Waals surface area contributed by atoms with Gasteiger partial charge in [-0.3, -0.25) is 9.59 Å². The number of halogens is 2. The molecule has 3 saturated carbocycles. The van der Waals surface area contributed by atoms with Gasteiger partial charge in [0, 0.05) is 31.0 Å². The van der Waals surface area contributed by atoms with E-state index >= 15 is 0 Å². The Balaban J connectivity index is 1.11. The maximum atomic E-state index is 13.4. The first-order chi connectivity index (χ1) is 14.4. The van der Waals surface area contributed by atoms with E-state index in [1.807, 2.05) is 4.57 Å². The third-order valence-electron chi connectivity index (χ3n) is 6.44. The highest BCUT2D eigenvalue weighted by molar-refractivity contribution is 6.30. The normalized spacial score (nSPS) is 26.2. The van der Waals surface area contributed by atoms with E-state index in [1.54, 1.807) is 0 Å². The van der Waals surface area contributed by atoms with Crippen molar-refractivity contribution in [3.05, 3.63) is 40.7 Å².